The summed E-state index contributed by atoms with van der Waals surface area (Å²) in [6.07, 6.45) is 0. The first-order chi connectivity index (χ1) is 5.47. The van der Waals surface area contributed by atoms with Gasteiger partial charge in [-0.3, -0.25) is 0 Å². The maximum absolute atomic E-state index is 2.28. The Kier molecular flexibility index (Phi) is 2.89. The van der Waals surface area contributed by atoms with Gasteiger partial charge in [0, 0.05) is 0 Å². The molecule has 1 fully saturated rings. The van der Waals surface area contributed by atoms with Crippen LogP contribution in [0.4, 0.5) is 0 Å². The van der Waals surface area contributed by atoms with Gasteiger partial charge >= 0.3 is 78.6 Å². The van der Waals surface area contributed by atoms with Crippen molar-refractivity contribution in [2.75, 3.05) is 11.5 Å². The standard InChI is InChI=1S/C8H9AsS2/c1-2-4-8(5-3-1)9-10-6-7-11-9/h1-5H,6-7H2. The molecule has 1 aromatic carbocycles. The Labute approximate surface area is 78.4 Å². The van der Waals surface area contributed by atoms with Gasteiger partial charge in [-0.25, -0.2) is 0 Å². The van der Waals surface area contributed by atoms with Crippen molar-refractivity contribution in [2.45, 2.75) is 0 Å². The topological polar surface area (TPSA) is 0 Å². The van der Waals surface area contributed by atoms with Crippen LogP contribution in [-0.4, -0.2) is 23.8 Å². The molecule has 1 aliphatic rings. The zero-order chi connectivity index (χ0) is 7.52. The van der Waals surface area contributed by atoms with E-state index in [1.54, 1.807) is 4.35 Å². The fourth-order valence-electron chi connectivity index (χ4n) is 0.976. The van der Waals surface area contributed by atoms with E-state index in [9.17, 15) is 0 Å². The van der Waals surface area contributed by atoms with E-state index in [0.717, 1.165) is 0 Å². The van der Waals surface area contributed by atoms with Gasteiger partial charge in [-0.1, -0.05) is 0 Å². The molecule has 0 bridgehead atoms. The van der Waals surface area contributed by atoms with E-state index < -0.39 is 12.3 Å². The number of benzene rings is 1. The maximum atomic E-state index is 2.28. The summed E-state index contributed by atoms with van der Waals surface area (Å²) in [5.41, 5.74) is 0. The predicted molar refractivity (Wildman–Crippen MR) is 56.7 cm³/mol. The Morgan fingerprint density at radius 3 is 2.27 bits per heavy atom. The van der Waals surface area contributed by atoms with Gasteiger partial charge in [0.25, 0.3) is 0 Å². The minimum atomic E-state index is -0.672. The number of rotatable bonds is 1. The number of hydrogen-bond acceptors (Lipinski definition) is 2. The van der Waals surface area contributed by atoms with Crippen LogP contribution in [0, 0.1) is 0 Å². The van der Waals surface area contributed by atoms with Gasteiger partial charge in [0.05, 0.1) is 0 Å². The van der Waals surface area contributed by atoms with E-state index >= 15 is 0 Å². The molecule has 1 saturated heterocycles. The molecule has 1 heterocycles. The Morgan fingerprint density at radius 2 is 1.64 bits per heavy atom. The van der Waals surface area contributed by atoms with E-state index in [-0.39, 0.29) is 0 Å². The summed E-state index contributed by atoms with van der Waals surface area (Å²) < 4.78 is 1.62. The third-order valence-corrected chi connectivity index (χ3v) is 15.2. The molecular formula is C8H9AsS2. The summed E-state index contributed by atoms with van der Waals surface area (Å²) in [5.74, 6) is 2.75. The zero-order valence-electron chi connectivity index (χ0n) is 6.06. The van der Waals surface area contributed by atoms with Crippen molar-refractivity contribution in [3.63, 3.8) is 0 Å². The predicted octanol–water partition coefficient (Wildman–Crippen LogP) is 1.86. The molecule has 0 spiro atoms. The molecule has 0 unspecified atom stereocenters. The van der Waals surface area contributed by atoms with Crippen molar-refractivity contribution in [1.82, 2.24) is 0 Å². The van der Waals surface area contributed by atoms with E-state index in [4.69, 9.17) is 0 Å². The van der Waals surface area contributed by atoms with Crippen LogP contribution in [0.15, 0.2) is 30.3 Å². The summed E-state index contributed by atoms with van der Waals surface area (Å²) in [6, 6.07) is 11.0. The second kappa shape index (κ2) is 3.93. The van der Waals surface area contributed by atoms with Crippen molar-refractivity contribution >= 4 is 36.7 Å². The van der Waals surface area contributed by atoms with E-state index in [0.29, 0.717) is 0 Å². The fraction of sp³-hybridized carbons (Fsp3) is 0.250. The van der Waals surface area contributed by atoms with Crippen LogP contribution in [0.5, 0.6) is 0 Å². The van der Waals surface area contributed by atoms with Crippen molar-refractivity contribution < 1.29 is 0 Å². The van der Waals surface area contributed by atoms with Crippen LogP contribution < -0.4 is 4.35 Å². The van der Waals surface area contributed by atoms with Crippen LogP contribution in [0.2, 0.25) is 0 Å². The molecule has 0 N–H and O–H groups in total. The molecule has 1 aliphatic heterocycles. The second-order valence-electron chi connectivity index (χ2n) is 2.26. The van der Waals surface area contributed by atoms with Gasteiger partial charge in [-0.15, -0.1) is 0 Å². The summed E-state index contributed by atoms with van der Waals surface area (Å²) in [6.45, 7) is 0. The molecule has 0 radical (unpaired) electrons. The van der Waals surface area contributed by atoms with E-state index in [2.05, 4.69) is 50.4 Å². The van der Waals surface area contributed by atoms with Gasteiger partial charge in [0.1, 0.15) is 0 Å². The van der Waals surface area contributed by atoms with Crippen LogP contribution in [0.3, 0.4) is 0 Å². The molecule has 2 rings (SSSR count). The van der Waals surface area contributed by atoms with Crippen LogP contribution in [0.1, 0.15) is 0 Å². The first kappa shape index (κ1) is 8.09. The summed E-state index contributed by atoms with van der Waals surface area (Å²) in [7, 11) is 4.41. The third-order valence-electron chi connectivity index (χ3n) is 1.47. The monoisotopic (exact) mass is 244 g/mol. The summed E-state index contributed by atoms with van der Waals surface area (Å²) in [5, 5.41) is 0. The molecule has 0 atom stereocenters. The second-order valence-corrected chi connectivity index (χ2v) is 14.0. The molecular weight excluding hydrogens is 235 g/mol. The average molecular weight is 244 g/mol. The Bertz CT molecular complexity index is 219. The van der Waals surface area contributed by atoms with Gasteiger partial charge in [-0.2, -0.15) is 0 Å². The molecule has 1 aromatic rings. The third kappa shape index (κ3) is 1.99. The number of hydrogen-bond donors (Lipinski definition) is 0. The van der Waals surface area contributed by atoms with Gasteiger partial charge < -0.3 is 0 Å². The summed E-state index contributed by atoms with van der Waals surface area (Å²) >= 11 is -0.672. The van der Waals surface area contributed by atoms with Crippen molar-refractivity contribution in [3.05, 3.63) is 30.3 Å². The van der Waals surface area contributed by atoms with E-state index in [1.807, 2.05) is 0 Å². The molecule has 0 amide bonds. The average Bonchev–Trinajstić information content (AvgIpc) is 2.58. The van der Waals surface area contributed by atoms with Crippen molar-refractivity contribution in [3.8, 4) is 0 Å². The minimum absolute atomic E-state index is 0.672. The molecule has 0 nitrogen and oxygen atoms in total. The first-order valence-corrected chi connectivity index (χ1v) is 11.0. The zero-order valence-corrected chi connectivity index (χ0v) is 9.57. The van der Waals surface area contributed by atoms with Crippen molar-refractivity contribution in [2.24, 2.45) is 0 Å². The quantitative estimate of drug-likeness (QED) is 0.692. The molecule has 0 saturated carbocycles. The van der Waals surface area contributed by atoms with Crippen molar-refractivity contribution in [1.29, 1.82) is 0 Å². The molecule has 0 aromatic heterocycles. The Morgan fingerprint density at radius 1 is 1.00 bits per heavy atom. The summed E-state index contributed by atoms with van der Waals surface area (Å²) in [4.78, 5) is 0. The van der Waals surface area contributed by atoms with Crippen LogP contribution in [-0.2, 0) is 0 Å². The normalized spacial score (nSPS) is 18.9. The van der Waals surface area contributed by atoms with Crippen LogP contribution >= 0.6 is 20.0 Å². The van der Waals surface area contributed by atoms with Gasteiger partial charge in [-0.05, 0) is 0 Å². The fourth-order valence-corrected chi connectivity index (χ4v) is 15.1. The van der Waals surface area contributed by atoms with Gasteiger partial charge in [0.15, 0.2) is 0 Å². The SMILES string of the molecule is c1ccc([As]2SCCS2)cc1. The molecule has 0 aliphatic carbocycles. The molecule has 11 heavy (non-hydrogen) atoms. The Hall–Kier alpha value is 0.478. The van der Waals surface area contributed by atoms with E-state index in [1.165, 1.54) is 11.5 Å². The Balaban J connectivity index is 2.16. The first-order valence-electron chi connectivity index (χ1n) is 3.58. The molecule has 58 valence electrons. The molecule has 3 heteroatoms. The van der Waals surface area contributed by atoms with Gasteiger partial charge in [0.2, 0.25) is 0 Å². The van der Waals surface area contributed by atoms with Crippen LogP contribution in [0.25, 0.3) is 0 Å².